The van der Waals surface area contributed by atoms with Crippen molar-refractivity contribution < 1.29 is 47.6 Å². The molecule has 190 valence electrons. The van der Waals surface area contributed by atoms with E-state index in [1.54, 1.807) is 12.3 Å². The van der Waals surface area contributed by atoms with Crippen molar-refractivity contribution in [3.8, 4) is 0 Å². The van der Waals surface area contributed by atoms with Gasteiger partial charge in [-0.2, -0.15) is 4.31 Å². The van der Waals surface area contributed by atoms with Gasteiger partial charge in [0.05, 0.1) is 13.2 Å². The number of fused-ring (bicyclic) bond motifs is 1. The first kappa shape index (κ1) is 25.7. The zero-order chi connectivity index (χ0) is 25.5. The van der Waals surface area contributed by atoms with Gasteiger partial charge in [0.25, 0.3) is 5.56 Å². The van der Waals surface area contributed by atoms with Crippen LogP contribution in [0.2, 0.25) is 0 Å². The number of aromatic amines is 1. The van der Waals surface area contributed by atoms with Crippen LogP contribution in [-0.2, 0) is 29.2 Å². The molecule has 35 heavy (non-hydrogen) atoms. The van der Waals surface area contributed by atoms with Gasteiger partial charge in [-0.25, -0.2) is 13.9 Å². The van der Waals surface area contributed by atoms with E-state index in [-0.39, 0.29) is 6.54 Å². The number of ether oxygens (including phenoxy) is 1. The molecule has 2 aromatic heterocycles. The van der Waals surface area contributed by atoms with Gasteiger partial charge in [0, 0.05) is 29.4 Å². The number of nitrogens with zero attached hydrogens (tertiary/aromatic N) is 2. The van der Waals surface area contributed by atoms with Gasteiger partial charge in [-0.1, -0.05) is 18.2 Å². The fourth-order valence-corrected chi connectivity index (χ4v) is 5.32. The predicted molar refractivity (Wildman–Crippen MR) is 117 cm³/mol. The summed E-state index contributed by atoms with van der Waals surface area (Å²) in [4.78, 5) is 55.2. The van der Waals surface area contributed by atoms with Crippen LogP contribution in [0.5, 0.6) is 0 Å². The van der Waals surface area contributed by atoms with E-state index in [2.05, 4.69) is 13.8 Å². The van der Waals surface area contributed by atoms with E-state index in [0.717, 1.165) is 32.3 Å². The maximum absolute atomic E-state index is 13.1. The highest BCUT2D eigenvalue weighted by atomic mass is 31.3. The summed E-state index contributed by atoms with van der Waals surface area (Å²) in [7, 11) is -10.6. The zero-order valence-corrected chi connectivity index (χ0v) is 19.4. The Morgan fingerprint density at radius 2 is 1.77 bits per heavy atom. The van der Waals surface area contributed by atoms with Crippen molar-refractivity contribution >= 4 is 26.5 Å². The van der Waals surface area contributed by atoms with E-state index in [1.807, 2.05) is 18.2 Å². The van der Waals surface area contributed by atoms with Crippen LogP contribution in [0.3, 0.4) is 0 Å². The number of rotatable bonds is 8. The molecule has 3 aromatic rings. The molecule has 1 aliphatic heterocycles. The van der Waals surface area contributed by atoms with Crippen molar-refractivity contribution in [1.82, 2.24) is 14.1 Å². The fourth-order valence-electron chi connectivity index (χ4n) is 3.73. The number of aromatic nitrogens is 3. The van der Waals surface area contributed by atoms with Crippen molar-refractivity contribution in [2.24, 2.45) is 0 Å². The number of hydrogen-bond donors (Lipinski definition) is 6. The van der Waals surface area contributed by atoms with E-state index in [9.17, 15) is 33.8 Å². The molecular formula is C18H21N3O12P2. The second-order valence-electron chi connectivity index (χ2n) is 7.67. The molecule has 0 spiro atoms. The van der Waals surface area contributed by atoms with Gasteiger partial charge in [-0.3, -0.25) is 18.5 Å². The Balaban J connectivity index is 1.56. The predicted octanol–water partition coefficient (Wildman–Crippen LogP) is -0.615. The van der Waals surface area contributed by atoms with E-state index in [1.165, 1.54) is 0 Å². The number of hydrogen-bond acceptors (Lipinski definition) is 9. The molecule has 3 heterocycles. The molecule has 0 radical (unpaired) electrons. The Morgan fingerprint density at radius 1 is 1.06 bits per heavy atom. The van der Waals surface area contributed by atoms with Crippen LogP contribution in [0.15, 0.2) is 52.3 Å². The highest BCUT2D eigenvalue weighted by Gasteiger charge is 2.46. The molecule has 15 nitrogen and oxygen atoms in total. The topological polar surface area (TPSA) is 223 Å². The molecule has 5 atom stereocenters. The summed E-state index contributed by atoms with van der Waals surface area (Å²) in [5.41, 5.74) is -0.0322. The maximum atomic E-state index is 13.1. The summed E-state index contributed by atoms with van der Waals surface area (Å²) in [6.45, 7) is -1.03. The van der Waals surface area contributed by atoms with Crippen LogP contribution in [0.1, 0.15) is 11.8 Å². The highest BCUT2D eigenvalue weighted by molar-refractivity contribution is 7.60. The van der Waals surface area contributed by atoms with E-state index in [4.69, 9.17) is 14.5 Å². The lowest BCUT2D eigenvalue weighted by molar-refractivity contribution is -0.0547. The van der Waals surface area contributed by atoms with Gasteiger partial charge < -0.3 is 34.6 Å². The second kappa shape index (κ2) is 9.56. The molecule has 1 fully saturated rings. The Morgan fingerprint density at radius 3 is 2.49 bits per heavy atom. The average molecular weight is 533 g/mol. The SMILES string of the molecule is O=c1ccn([C@@H]2O[C@H](COP(=O)(O)OP(=O)(O)O)C(O)[C@@H]2O)c(=O)n1Cc1c[nH]c2ccccc12. The van der Waals surface area contributed by atoms with Crippen molar-refractivity contribution in [2.45, 2.75) is 31.1 Å². The lowest BCUT2D eigenvalue weighted by Crippen LogP contribution is -2.43. The summed E-state index contributed by atoms with van der Waals surface area (Å²) in [5, 5.41) is 21.5. The van der Waals surface area contributed by atoms with Gasteiger partial charge in [0.15, 0.2) is 6.23 Å². The first-order valence-corrected chi connectivity index (χ1v) is 13.0. The number of phosphoric acid groups is 2. The number of benzene rings is 1. The van der Waals surface area contributed by atoms with Crippen LogP contribution in [-0.4, -0.2) is 63.9 Å². The van der Waals surface area contributed by atoms with Crippen LogP contribution in [0, 0.1) is 0 Å². The van der Waals surface area contributed by atoms with E-state index >= 15 is 0 Å². The smallest absolute Gasteiger partial charge is 0.387 e. The minimum Gasteiger partial charge on any atom is -0.387 e. The van der Waals surface area contributed by atoms with Gasteiger partial charge in [0.2, 0.25) is 0 Å². The summed E-state index contributed by atoms with van der Waals surface area (Å²) in [6, 6.07) is 8.33. The minimum absolute atomic E-state index is 0.103. The van der Waals surface area contributed by atoms with Crippen LogP contribution in [0.4, 0.5) is 0 Å². The molecule has 17 heteroatoms. The molecule has 1 aliphatic rings. The average Bonchev–Trinajstić information content (AvgIpc) is 3.30. The minimum atomic E-state index is -5.36. The summed E-state index contributed by atoms with van der Waals surface area (Å²) < 4.78 is 37.6. The van der Waals surface area contributed by atoms with Crippen molar-refractivity contribution in [2.75, 3.05) is 6.61 Å². The molecule has 1 aromatic carbocycles. The largest absolute Gasteiger partial charge is 0.481 e. The molecule has 0 amide bonds. The second-order valence-corrected chi connectivity index (χ2v) is 10.5. The van der Waals surface area contributed by atoms with Gasteiger partial charge >= 0.3 is 21.3 Å². The number of H-pyrrole nitrogens is 1. The quantitative estimate of drug-likeness (QED) is 0.200. The monoisotopic (exact) mass is 533 g/mol. The number of aliphatic hydroxyl groups is 2. The van der Waals surface area contributed by atoms with Crippen LogP contribution < -0.4 is 11.2 Å². The maximum Gasteiger partial charge on any atom is 0.481 e. The number of phosphoric ester groups is 1. The molecular weight excluding hydrogens is 512 g/mol. The Labute approximate surface area is 195 Å². The third-order valence-corrected chi connectivity index (χ3v) is 7.47. The number of aliphatic hydroxyl groups excluding tert-OH is 2. The van der Waals surface area contributed by atoms with Gasteiger partial charge in [-0.15, -0.1) is 0 Å². The van der Waals surface area contributed by atoms with Gasteiger partial charge in [-0.05, 0) is 11.6 Å². The third-order valence-electron chi connectivity index (χ3n) is 5.32. The van der Waals surface area contributed by atoms with E-state index < -0.39 is 58.0 Å². The Kier molecular flexibility index (Phi) is 7.01. The zero-order valence-electron chi connectivity index (χ0n) is 17.6. The lowest BCUT2D eigenvalue weighted by Gasteiger charge is -2.19. The highest BCUT2D eigenvalue weighted by Crippen LogP contribution is 2.57. The summed E-state index contributed by atoms with van der Waals surface area (Å²) in [5.74, 6) is 0. The number of nitrogens with one attached hydrogen (secondary N) is 1. The Bertz CT molecular complexity index is 1440. The van der Waals surface area contributed by atoms with Crippen LogP contribution >= 0.6 is 15.6 Å². The molecule has 6 N–H and O–H groups in total. The summed E-state index contributed by atoms with van der Waals surface area (Å²) >= 11 is 0. The molecule has 4 rings (SSSR count). The summed E-state index contributed by atoms with van der Waals surface area (Å²) in [6.07, 6.45) is -3.73. The normalized spacial score (nSPS) is 24.6. The molecule has 0 bridgehead atoms. The molecule has 0 saturated carbocycles. The van der Waals surface area contributed by atoms with Crippen molar-refractivity contribution in [3.05, 3.63) is 69.1 Å². The lowest BCUT2D eigenvalue weighted by atomic mass is 10.1. The van der Waals surface area contributed by atoms with Gasteiger partial charge in [0.1, 0.15) is 18.3 Å². The standard InChI is InChI=1S/C18H21N3O12P2/c22-14-5-6-20(18(25)21(14)8-10-7-19-12-4-2-1-3-11(10)12)17-16(24)15(23)13(32-17)9-31-35(29,30)33-34(26,27)28/h1-7,13,15-17,19,23-24H,8-9H2,(H,29,30)(H2,26,27,28)/t13-,15?,16+,17-/m1/s1. The van der Waals surface area contributed by atoms with Crippen LogP contribution in [0.25, 0.3) is 10.9 Å². The first-order valence-electron chi connectivity index (χ1n) is 9.99. The van der Waals surface area contributed by atoms with Crippen molar-refractivity contribution in [3.63, 3.8) is 0 Å². The van der Waals surface area contributed by atoms with Crippen molar-refractivity contribution in [1.29, 1.82) is 0 Å². The first-order chi connectivity index (χ1) is 16.4. The fraction of sp³-hybridized carbons (Fsp3) is 0.333. The molecule has 1 saturated heterocycles. The number of para-hydroxylation sites is 1. The third kappa shape index (κ3) is 5.55. The molecule has 0 aliphatic carbocycles. The van der Waals surface area contributed by atoms with E-state index in [0.29, 0.717) is 5.56 Å². The Hall–Kier alpha value is -2.42. The molecule has 2 unspecified atom stereocenters.